The predicted octanol–water partition coefficient (Wildman–Crippen LogP) is 3.88. The number of halogens is 1. The zero-order chi connectivity index (χ0) is 13.1. The lowest BCUT2D eigenvalue weighted by Gasteiger charge is -2.13. The van der Waals surface area contributed by atoms with Crippen molar-refractivity contribution in [3.8, 4) is 0 Å². The lowest BCUT2D eigenvalue weighted by molar-refractivity contribution is -0.384. The van der Waals surface area contributed by atoms with Gasteiger partial charge in [0.15, 0.2) is 0 Å². The lowest BCUT2D eigenvalue weighted by atomic mass is 10.2. The van der Waals surface area contributed by atoms with Gasteiger partial charge in [-0.25, -0.2) is 4.98 Å². The van der Waals surface area contributed by atoms with Crippen LogP contribution in [0.4, 0.5) is 11.4 Å². The molecule has 7 heteroatoms. The first kappa shape index (κ1) is 12.8. The van der Waals surface area contributed by atoms with Crippen LogP contribution in [0.3, 0.4) is 0 Å². The molecule has 5 nitrogen and oxygen atoms in total. The third-order valence-electron chi connectivity index (χ3n) is 2.35. The van der Waals surface area contributed by atoms with E-state index in [0.29, 0.717) is 10.7 Å². The van der Waals surface area contributed by atoms with E-state index in [4.69, 9.17) is 11.6 Å². The average Bonchev–Trinajstić information content (AvgIpc) is 2.81. The normalized spacial score (nSPS) is 12.1. The Kier molecular flexibility index (Phi) is 3.78. The Morgan fingerprint density at radius 3 is 2.94 bits per heavy atom. The second-order valence-electron chi connectivity index (χ2n) is 3.65. The van der Waals surface area contributed by atoms with Crippen LogP contribution < -0.4 is 5.32 Å². The highest BCUT2D eigenvalue weighted by molar-refractivity contribution is 7.09. The number of rotatable bonds is 4. The van der Waals surface area contributed by atoms with Gasteiger partial charge >= 0.3 is 0 Å². The topological polar surface area (TPSA) is 68.1 Å². The summed E-state index contributed by atoms with van der Waals surface area (Å²) in [5, 5.41) is 17.1. The number of hydrogen-bond donors (Lipinski definition) is 1. The smallest absolute Gasteiger partial charge is 0.292 e. The number of nitro benzene ring substituents is 1. The Bertz CT molecular complexity index is 559. The Hall–Kier alpha value is -1.66. The van der Waals surface area contributed by atoms with Crippen molar-refractivity contribution >= 4 is 34.3 Å². The molecule has 1 aromatic carbocycles. The van der Waals surface area contributed by atoms with Gasteiger partial charge in [-0.05, 0) is 19.1 Å². The van der Waals surface area contributed by atoms with E-state index in [1.807, 2.05) is 12.3 Å². The molecule has 0 spiro atoms. The van der Waals surface area contributed by atoms with Crippen LogP contribution in [-0.4, -0.2) is 9.91 Å². The number of nitrogens with zero attached hydrogens (tertiary/aromatic N) is 2. The highest BCUT2D eigenvalue weighted by atomic mass is 35.5. The first-order valence-electron chi connectivity index (χ1n) is 5.18. The van der Waals surface area contributed by atoms with Crippen molar-refractivity contribution in [3.05, 3.63) is 49.9 Å². The van der Waals surface area contributed by atoms with E-state index >= 15 is 0 Å². The van der Waals surface area contributed by atoms with Gasteiger partial charge in [0.1, 0.15) is 10.7 Å². The second kappa shape index (κ2) is 5.32. The summed E-state index contributed by atoms with van der Waals surface area (Å²) in [6, 6.07) is 4.32. The first-order chi connectivity index (χ1) is 8.58. The van der Waals surface area contributed by atoms with E-state index in [-0.39, 0.29) is 11.7 Å². The zero-order valence-electron chi connectivity index (χ0n) is 9.46. The maximum atomic E-state index is 10.9. The van der Waals surface area contributed by atoms with E-state index in [9.17, 15) is 10.1 Å². The summed E-state index contributed by atoms with van der Waals surface area (Å²) in [4.78, 5) is 14.6. The van der Waals surface area contributed by atoms with Gasteiger partial charge in [-0.3, -0.25) is 10.1 Å². The minimum Gasteiger partial charge on any atom is -0.370 e. The molecule has 1 N–H and O–H groups in total. The van der Waals surface area contributed by atoms with Gasteiger partial charge in [0, 0.05) is 22.7 Å². The maximum Gasteiger partial charge on any atom is 0.292 e. The van der Waals surface area contributed by atoms with Crippen LogP contribution in [0.5, 0.6) is 0 Å². The third-order valence-corrected chi connectivity index (χ3v) is 3.54. The van der Waals surface area contributed by atoms with Crippen LogP contribution in [0, 0.1) is 10.1 Å². The van der Waals surface area contributed by atoms with Gasteiger partial charge in [0.25, 0.3) is 5.69 Å². The first-order valence-corrected chi connectivity index (χ1v) is 6.43. The number of thiazole rings is 1. The van der Waals surface area contributed by atoms with E-state index in [1.165, 1.54) is 23.5 Å². The molecule has 0 saturated carbocycles. The predicted molar refractivity (Wildman–Crippen MR) is 72.3 cm³/mol. The van der Waals surface area contributed by atoms with Crippen molar-refractivity contribution in [1.29, 1.82) is 0 Å². The minimum atomic E-state index is -0.437. The SMILES string of the molecule is CC(Nc1cc(Cl)ccc1[N+](=O)[O-])c1nccs1. The molecule has 0 bridgehead atoms. The average molecular weight is 284 g/mol. The van der Waals surface area contributed by atoms with Crippen molar-refractivity contribution in [2.24, 2.45) is 0 Å². The Balaban J connectivity index is 2.28. The quantitative estimate of drug-likeness (QED) is 0.683. The van der Waals surface area contributed by atoms with Crippen LogP contribution in [0.25, 0.3) is 0 Å². The van der Waals surface area contributed by atoms with E-state index in [2.05, 4.69) is 10.3 Å². The molecule has 18 heavy (non-hydrogen) atoms. The molecule has 0 radical (unpaired) electrons. The molecule has 0 fully saturated rings. The van der Waals surface area contributed by atoms with Crippen LogP contribution in [0.2, 0.25) is 5.02 Å². The van der Waals surface area contributed by atoms with Gasteiger partial charge in [-0.1, -0.05) is 11.6 Å². The number of benzene rings is 1. The summed E-state index contributed by atoms with van der Waals surface area (Å²) in [6.07, 6.45) is 1.70. The van der Waals surface area contributed by atoms with Crippen molar-refractivity contribution in [3.63, 3.8) is 0 Å². The minimum absolute atomic E-state index is 0.00260. The molecule has 1 unspecified atom stereocenters. The molecule has 0 aliphatic carbocycles. The van der Waals surface area contributed by atoms with E-state index < -0.39 is 4.92 Å². The summed E-state index contributed by atoms with van der Waals surface area (Å²) >= 11 is 7.35. The fourth-order valence-corrected chi connectivity index (χ4v) is 2.34. The van der Waals surface area contributed by atoms with Crippen LogP contribution in [0.15, 0.2) is 29.8 Å². The molecule has 2 aromatic rings. The summed E-state index contributed by atoms with van der Waals surface area (Å²) < 4.78 is 0. The highest BCUT2D eigenvalue weighted by Crippen LogP contribution is 2.31. The van der Waals surface area contributed by atoms with E-state index in [0.717, 1.165) is 5.01 Å². The van der Waals surface area contributed by atoms with Gasteiger partial charge in [-0.15, -0.1) is 11.3 Å². The largest absolute Gasteiger partial charge is 0.370 e. The Morgan fingerprint density at radius 2 is 2.33 bits per heavy atom. The maximum absolute atomic E-state index is 10.9. The lowest BCUT2D eigenvalue weighted by Crippen LogP contribution is -2.08. The fourth-order valence-electron chi connectivity index (χ4n) is 1.53. The molecule has 94 valence electrons. The van der Waals surface area contributed by atoms with Crippen LogP contribution in [0.1, 0.15) is 18.0 Å². The van der Waals surface area contributed by atoms with Crippen molar-refractivity contribution in [2.45, 2.75) is 13.0 Å². The second-order valence-corrected chi connectivity index (χ2v) is 5.02. The number of anilines is 1. The zero-order valence-corrected chi connectivity index (χ0v) is 11.0. The van der Waals surface area contributed by atoms with Gasteiger partial charge < -0.3 is 5.32 Å². The number of hydrogen-bond acceptors (Lipinski definition) is 5. The van der Waals surface area contributed by atoms with Crippen LogP contribution in [-0.2, 0) is 0 Å². The summed E-state index contributed by atoms with van der Waals surface area (Å²) in [7, 11) is 0. The molecule has 1 aromatic heterocycles. The highest BCUT2D eigenvalue weighted by Gasteiger charge is 2.17. The van der Waals surface area contributed by atoms with E-state index in [1.54, 1.807) is 12.3 Å². The van der Waals surface area contributed by atoms with Crippen LogP contribution >= 0.6 is 22.9 Å². The summed E-state index contributed by atoms with van der Waals surface area (Å²) in [5.74, 6) is 0. The molecule has 0 saturated heterocycles. The van der Waals surface area contributed by atoms with Crippen molar-refractivity contribution in [2.75, 3.05) is 5.32 Å². The Morgan fingerprint density at radius 1 is 1.56 bits per heavy atom. The molecule has 0 aliphatic rings. The molecule has 0 amide bonds. The fraction of sp³-hybridized carbons (Fsp3) is 0.182. The molecule has 0 aliphatic heterocycles. The van der Waals surface area contributed by atoms with Gasteiger partial charge in [0.2, 0.25) is 0 Å². The molecule has 2 rings (SSSR count). The standard InChI is InChI=1S/C11H10ClN3O2S/c1-7(11-13-4-5-18-11)14-9-6-8(12)2-3-10(9)15(16)17/h2-7,14H,1H3. The Labute approximate surface area is 113 Å². The van der Waals surface area contributed by atoms with Gasteiger partial charge in [-0.2, -0.15) is 0 Å². The molecular weight excluding hydrogens is 274 g/mol. The number of aromatic nitrogens is 1. The molecule has 1 heterocycles. The summed E-state index contributed by atoms with van der Waals surface area (Å²) in [6.45, 7) is 1.89. The monoisotopic (exact) mass is 283 g/mol. The third kappa shape index (κ3) is 2.77. The molecule has 1 atom stereocenters. The number of nitrogens with one attached hydrogen (secondary N) is 1. The van der Waals surface area contributed by atoms with Gasteiger partial charge in [0.05, 0.1) is 11.0 Å². The number of nitro groups is 1. The van der Waals surface area contributed by atoms with Crippen molar-refractivity contribution in [1.82, 2.24) is 4.98 Å². The van der Waals surface area contributed by atoms with Crippen molar-refractivity contribution < 1.29 is 4.92 Å². The summed E-state index contributed by atoms with van der Waals surface area (Å²) in [5.41, 5.74) is 0.401. The molecular formula is C11H10ClN3O2S.